The van der Waals surface area contributed by atoms with Gasteiger partial charge < -0.3 is 9.64 Å². The zero-order valence-corrected chi connectivity index (χ0v) is 17.6. The number of thioether (sulfide) groups is 1. The lowest BCUT2D eigenvalue weighted by Gasteiger charge is -2.26. The number of amides is 2. The minimum absolute atomic E-state index is 0.0822. The number of ether oxygens (including phenoxy) is 1. The maximum absolute atomic E-state index is 12.3. The largest absolute Gasteiger partial charge is 0.491 e. The standard InChI is InChI=1S/C19H24N4O3S2/c1-13(2)26-15-8-6-14(7-9-15)17(25)20-18-21-22-19(28-18)27-12-16(24)23-10-4-3-5-11-23/h6-9,13H,3-5,10-12H2,1-2H3,(H,20,21,25). The van der Waals surface area contributed by atoms with E-state index in [2.05, 4.69) is 15.5 Å². The summed E-state index contributed by atoms with van der Waals surface area (Å²) in [6.45, 7) is 5.59. The Labute approximate surface area is 172 Å². The zero-order valence-electron chi connectivity index (χ0n) is 16.0. The molecule has 0 aliphatic carbocycles. The Balaban J connectivity index is 1.49. The molecule has 28 heavy (non-hydrogen) atoms. The Morgan fingerprint density at radius 3 is 2.57 bits per heavy atom. The van der Waals surface area contributed by atoms with Crippen LogP contribution in [0.15, 0.2) is 28.6 Å². The number of carbonyl (C=O) groups excluding carboxylic acids is 2. The van der Waals surface area contributed by atoms with Crippen LogP contribution >= 0.6 is 23.1 Å². The normalized spacial score (nSPS) is 14.2. The van der Waals surface area contributed by atoms with Crippen LogP contribution < -0.4 is 10.1 Å². The summed E-state index contributed by atoms with van der Waals surface area (Å²) in [7, 11) is 0. The number of likely N-dealkylation sites (tertiary alicyclic amines) is 1. The molecule has 1 fully saturated rings. The summed E-state index contributed by atoms with van der Waals surface area (Å²) in [4.78, 5) is 26.5. The van der Waals surface area contributed by atoms with Crippen molar-refractivity contribution in [2.24, 2.45) is 0 Å². The molecule has 1 aliphatic rings. The topological polar surface area (TPSA) is 84.4 Å². The van der Waals surface area contributed by atoms with Crippen molar-refractivity contribution in [3.63, 3.8) is 0 Å². The van der Waals surface area contributed by atoms with E-state index >= 15 is 0 Å². The van der Waals surface area contributed by atoms with Gasteiger partial charge in [0.15, 0.2) is 4.34 Å². The number of nitrogens with zero attached hydrogens (tertiary/aromatic N) is 3. The molecule has 9 heteroatoms. The molecule has 1 aromatic carbocycles. The third kappa shape index (κ3) is 5.93. The summed E-state index contributed by atoms with van der Waals surface area (Å²) >= 11 is 2.63. The van der Waals surface area contributed by atoms with E-state index in [4.69, 9.17) is 4.74 Å². The number of anilines is 1. The number of nitrogens with one attached hydrogen (secondary N) is 1. The first-order valence-electron chi connectivity index (χ1n) is 9.33. The summed E-state index contributed by atoms with van der Waals surface area (Å²) in [5.74, 6) is 0.946. The van der Waals surface area contributed by atoms with Crippen LogP contribution in [0.5, 0.6) is 5.75 Å². The Morgan fingerprint density at radius 2 is 1.89 bits per heavy atom. The number of rotatable bonds is 7. The molecule has 150 valence electrons. The molecule has 7 nitrogen and oxygen atoms in total. The molecule has 1 saturated heterocycles. The third-order valence-corrected chi connectivity index (χ3v) is 6.10. The molecule has 2 amide bonds. The molecule has 0 bridgehead atoms. The molecule has 0 saturated carbocycles. The van der Waals surface area contributed by atoms with Crippen molar-refractivity contribution in [3.8, 4) is 5.75 Å². The molecule has 3 rings (SSSR count). The Morgan fingerprint density at radius 1 is 1.18 bits per heavy atom. The van der Waals surface area contributed by atoms with E-state index in [0.29, 0.717) is 20.8 Å². The molecule has 2 heterocycles. The van der Waals surface area contributed by atoms with Crippen molar-refractivity contribution in [3.05, 3.63) is 29.8 Å². The summed E-state index contributed by atoms with van der Waals surface area (Å²) in [6.07, 6.45) is 3.44. The molecule has 0 radical (unpaired) electrons. The minimum Gasteiger partial charge on any atom is -0.491 e. The summed E-state index contributed by atoms with van der Waals surface area (Å²) < 4.78 is 6.24. The Bertz CT molecular complexity index is 802. The van der Waals surface area contributed by atoms with Gasteiger partial charge in [-0.1, -0.05) is 23.1 Å². The number of hydrogen-bond acceptors (Lipinski definition) is 7. The molecule has 2 aromatic rings. The van der Waals surface area contributed by atoms with Crippen LogP contribution in [0.1, 0.15) is 43.5 Å². The van der Waals surface area contributed by atoms with Crippen LogP contribution in [0.3, 0.4) is 0 Å². The minimum atomic E-state index is -0.256. The Kier molecular flexibility index (Phi) is 7.27. The second-order valence-corrected chi connectivity index (χ2v) is 8.95. The molecule has 0 atom stereocenters. The Hall–Kier alpha value is -2.13. The second kappa shape index (κ2) is 9.88. The predicted octanol–water partition coefficient (Wildman–Crippen LogP) is 3.68. The van der Waals surface area contributed by atoms with Crippen LogP contribution in [0.25, 0.3) is 0 Å². The lowest BCUT2D eigenvalue weighted by atomic mass is 10.1. The van der Waals surface area contributed by atoms with Gasteiger partial charge in [-0.2, -0.15) is 0 Å². The van der Waals surface area contributed by atoms with E-state index < -0.39 is 0 Å². The highest BCUT2D eigenvalue weighted by molar-refractivity contribution is 8.01. The monoisotopic (exact) mass is 420 g/mol. The van der Waals surface area contributed by atoms with Gasteiger partial charge in [0.2, 0.25) is 11.0 Å². The van der Waals surface area contributed by atoms with E-state index in [1.54, 1.807) is 24.3 Å². The van der Waals surface area contributed by atoms with Gasteiger partial charge in [0.25, 0.3) is 5.91 Å². The maximum atomic E-state index is 12.3. The van der Waals surface area contributed by atoms with E-state index in [1.165, 1.54) is 29.5 Å². The molecule has 1 aromatic heterocycles. The molecule has 0 spiro atoms. The predicted molar refractivity (Wildman–Crippen MR) is 111 cm³/mol. The number of aromatic nitrogens is 2. The highest BCUT2D eigenvalue weighted by Gasteiger charge is 2.18. The lowest BCUT2D eigenvalue weighted by Crippen LogP contribution is -2.36. The van der Waals surface area contributed by atoms with E-state index in [1.807, 2.05) is 18.7 Å². The maximum Gasteiger partial charge on any atom is 0.257 e. The van der Waals surface area contributed by atoms with Crippen molar-refractivity contribution in [2.45, 2.75) is 43.6 Å². The van der Waals surface area contributed by atoms with Gasteiger partial charge >= 0.3 is 0 Å². The number of carbonyl (C=O) groups is 2. The molecule has 1 aliphatic heterocycles. The van der Waals surface area contributed by atoms with Crippen molar-refractivity contribution in [1.29, 1.82) is 0 Å². The number of piperidine rings is 1. The van der Waals surface area contributed by atoms with Gasteiger partial charge in [0.05, 0.1) is 11.9 Å². The van der Waals surface area contributed by atoms with Gasteiger partial charge in [-0.15, -0.1) is 10.2 Å². The SMILES string of the molecule is CC(C)Oc1ccc(C(=O)Nc2nnc(SCC(=O)N3CCCCC3)s2)cc1. The number of hydrogen-bond donors (Lipinski definition) is 1. The van der Waals surface area contributed by atoms with Gasteiger partial charge in [0.1, 0.15) is 5.75 Å². The molecular weight excluding hydrogens is 396 g/mol. The highest BCUT2D eigenvalue weighted by atomic mass is 32.2. The first-order chi connectivity index (χ1) is 13.5. The average Bonchev–Trinajstić information content (AvgIpc) is 3.14. The zero-order chi connectivity index (χ0) is 19.9. The first-order valence-corrected chi connectivity index (χ1v) is 11.1. The van der Waals surface area contributed by atoms with Crippen molar-refractivity contribution in [2.75, 3.05) is 24.2 Å². The van der Waals surface area contributed by atoms with Crippen LogP contribution in [0, 0.1) is 0 Å². The van der Waals surface area contributed by atoms with Crippen LogP contribution in [-0.4, -0.2) is 51.9 Å². The van der Waals surface area contributed by atoms with Crippen molar-refractivity contribution < 1.29 is 14.3 Å². The van der Waals surface area contributed by atoms with Crippen LogP contribution in [-0.2, 0) is 4.79 Å². The summed E-state index contributed by atoms with van der Waals surface area (Å²) in [5, 5.41) is 11.2. The third-order valence-electron chi connectivity index (χ3n) is 4.14. The van der Waals surface area contributed by atoms with Crippen molar-refractivity contribution in [1.82, 2.24) is 15.1 Å². The first kappa shape index (κ1) is 20.6. The molecular formula is C19H24N4O3S2. The van der Waals surface area contributed by atoms with Crippen LogP contribution in [0.4, 0.5) is 5.13 Å². The van der Waals surface area contributed by atoms with E-state index in [0.717, 1.165) is 31.7 Å². The van der Waals surface area contributed by atoms with E-state index in [9.17, 15) is 9.59 Å². The molecule has 0 unspecified atom stereocenters. The van der Waals surface area contributed by atoms with Crippen molar-refractivity contribution >= 4 is 40.0 Å². The van der Waals surface area contributed by atoms with E-state index in [-0.39, 0.29) is 17.9 Å². The molecule has 1 N–H and O–H groups in total. The van der Waals surface area contributed by atoms with Gasteiger partial charge in [-0.3, -0.25) is 14.9 Å². The van der Waals surface area contributed by atoms with Crippen LogP contribution in [0.2, 0.25) is 0 Å². The fourth-order valence-electron chi connectivity index (χ4n) is 2.80. The van der Waals surface area contributed by atoms with Gasteiger partial charge in [-0.25, -0.2) is 0 Å². The average molecular weight is 421 g/mol. The van der Waals surface area contributed by atoms with Gasteiger partial charge in [0, 0.05) is 18.7 Å². The summed E-state index contributed by atoms with van der Waals surface area (Å²) in [6, 6.07) is 6.95. The summed E-state index contributed by atoms with van der Waals surface area (Å²) in [5.41, 5.74) is 0.515. The quantitative estimate of drug-likeness (QED) is 0.543. The number of benzene rings is 1. The lowest BCUT2D eigenvalue weighted by molar-refractivity contribution is -0.129. The fourth-order valence-corrected chi connectivity index (χ4v) is 4.45. The second-order valence-electron chi connectivity index (χ2n) is 6.75. The van der Waals surface area contributed by atoms with Gasteiger partial charge in [-0.05, 0) is 57.4 Å². The fraction of sp³-hybridized carbons (Fsp3) is 0.474. The highest BCUT2D eigenvalue weighted by Crippen LogP contribution is 2.26. The smallest absolute Gasteiger partial charge is 0.257 e.